The van der Waals surface area contributed by atoms with Crippen molar-refractivity contribution < 1.29 is 14.0 Å². The molecule has 0 saturated carbocycles. The number of amides is 2. The van der Waals surface area contributed by atoms with Crippen LogP contribution in [0.3, 0.4) is 0 Å². The molecule has 0 fully saturated rings. The Bertz CT molecular complexity index is 910. The van der Waals surface area contributed by atoms with E-state index in [9.17, 15) is 9.59 Å². The van der Waals surface area contributed by atoms with Gasteiger partial charge >= 0.3 is 11.8 Å². The van der Waals surface area contributed by atoms with Crippen molar-refractivity contribution in [1.29, 1.82) is 0 Å². The second kappa shape index (κ2) is 7.04. The number of nitrogens with one attached hydrogen (secondary N) is 2. The number of carbonyl (C=O) groups excluding carboxylic acids is 2. The molecule has 2 N–H and O–H groups in total. The fourth-order valence-electron chi connectivity index (χ4n) is 2.38. The molecule has 0 aliphatic carbocycles. The maximum Gasteiger partial charge on any atom is 0.313 e. The van der Waals surface area contributed by atoms with E-state index in [-0.39, 0.29) is 6.54 Å². The Morgan fingerprint density at radius 2 is 2.00 bits per heavy atom. The molecule has 0 bridgehead atoms. The summed E-state index contributed by atoms with van der Waals surface area (Å²) in [7, 11) is 1.81. The van der Waals surface area contributed by atoms with Crippen LogP contribution in [-0.4, -0.2) is 21.6 Å². The lowest BCUT2D eigenvalue weighted by Crippen LogP contribution is -2.34. The summed E-state index contributed by atoms with van der Waals surface area (Å²) in [6.45, 7) is 2.03. The molecule has 25 heavy (non-hydrogen) atoms. The number of hydrogen-bond acceptors (Lipinski definition) is 4. The quantitative estimate of drug-likeness (QED) is 0.714. The van der Waals surface area contributed by atoms with E-state index in [2.05, 4.69) is 15.7 Å². The highest BCUT2D eigenvalue weighted by Crippen LogP contribution is 2.21. The maximum absolute atomic E-state index is 11.9. The van der Waals surface area contributed by atoms with Crippen LogP contribution in [0.5, 0.6) is 0 Å². The number of carbonyl (C=O) groups is 2. The zero-order valence-corrected chi connectivity index (χ0v) is 13.9. The molecule has 0 spiro atoms. The molecule has 2 amide bonds. The topological polar surface area (TPSA) is 89.2 Å². The van der Waals surface area contributed by atoms with E-state index in [1.54, 1.807) is 35.1 Å². The molecule has 3 rings (SSSR count). The van der Waals surface area contributed by atoms with Crippen LogP contribution in [0.25, 0.3) is 11.5 Å². The molecule has 0 atom stereocenters. The Labute approximate surface area is 144 Å². The highest BCUT2D eigenvalue weighted by Gasteiger charge is 2.15. The van der Waals surface area contributed by atoms with Gasteiger partial charge in [0.05, 0.1) is 6.54 Å². The van der Waals surface area contributed by atoms with Gasteiger partial charge in [0.1, 0.15) is 11.5 Å². The highest BCUT2D eigenvalue weighted by molar-refractivity contribution is 6.39. The lowest BCUT2D eigenvalue weighted by molar-refractivity contribution is -0.136. The third-order valence-electron chi connectivity index (χ3n) is 3.64. The first-order valence-corrected chi connectivity index (χ1v) is 7.76. The number of aryl methyl sites for hydroxylation is 2. The number of hydrogen-bond donors (Lipinski definition) is 2. The van der Waals surface area contributed by atoms with Crippen molar-refractivity contribution in [2.75, 3.05) is 5.32 Å². The minimum Gasteiger partial charge on any atom is -0.458 e. The van der Waals surface area contributed by atoms with Gasteiger partial charge in [0.25, 0.3) is 0 Å². The molecule has 0 aliphatic heterocycles. The summed E-state index contributed by atoms with van der Waals surface area (Å²) in [5.41, 5.74) is 2.41. The van der Waals surface area contributed by atoms with E-state index in [0.717, 1.165) is 11.3 Å². The number of anilines is 1. The summed E-state index contributed by atoms with van der Waals surface area (Å²) in [5.74, 6) is -0.245. The van der Waals surface area contributed by atoms with Crippen LogP contribution in [0.1, 0.15) is 11.3 Å². The second-order valence-corrected chi connectivity index (χ2v) is 5.61. The summed E-state index contributed by atoms with van der Waals surface area (Å²) in [5, 5.41) is 9.18. The Morgan fingerprint density at radius 3 is 2.72 bits per heavy atom. The highest BCUT2D eigenvalue weighted by atomic mass is 16.3. The molecule has 2 heterocycles. The minimum atomic E-state index is -0.722. The van der Waals surface area contributed by atoms with Crippen LogP contribution in [0.2, 0.25) is 0 Å². The van der Waals surface area contributed by atoms with Gasteiger partial charge < -0.3 is 15.1 Å². The molecule has 128 valence electrons. The Morgan fingerprint density at radius 1 is 1.16 bits per heavy atom. The van der Waals surface area contributed by atoms with Crippen LogP contribution >= 0.6 is 0 Å². The number of rotatable bonds is 4. The second-order valence-electron chi connectivity index (χ2n) is 5.61. The molecule has 3 aromatic rings. The molecule has 0 unspecified atom stereocenters. The average molecular weight is 338 g/mol. The Balaban J connectivity index is 1.56. The summed E-state index contributed by atoms with van der Waals surface area (Å²) in [6.07, 6.45) is 1.68. The van der Waals surface area contributed by atoms with Crippen molar-refractivity contribution in [3.8, 4) is 11.5 Å². The monoisotopic (exact) mass is 338 g/mol. The first kappa shape index (κ1) is 16.5. The molecular weight excluding hydrogens is 320 g/mol. The van der Waals surface area contributed by atoms with E-state index in [1.807, 2.05) is 32.2 Å². The summed E-state index contributed by atoms with van der Waals surface area (Å²) >= 11 is 0. The zero-order chi connectivity index (χ0) is 17.8. The fourth-order valence-corrected chi connectivity index (χ4v) is 2.38. The third kappa shape index (κ3) is 3.95. The van der Waals surface area contributed by atoms with Gasteiger partial charge in [0.15, 0.2) is 5.76 Å². The van der Waals surface area contributed by atoms with Crippen LogP contribution in [0.15, 0.2) is 53.1 Å². The lowest BCUT2D eigenvalue weighted by Gasteiger charge is -2.06. The normalized spacial score (nSPS) is 10.5. The van der Waals surface area contributed by atoms with E-state index in [4.69, 9.17) is 4.42 Å². The van der Waals surface area contributed by atoms with Gasteiger partial charge in [-0.1, -0.05) is 12.1 Å². The summed E-state index contributed by atoms with van der Waals surface area (Å²) in [4.78, 5) is 23.8. The molecule has 0 radical (unpaired) electrons. The first-order valence-electron chi connectivity index (χ1n) is 7.76. The number of benzene rings is 1. The van der Waals surface area contributed by atoms with Gasteiger partial charge in [-0.25, -0.2) is 0 Å². The largest absolute Gasteiger partial charge is 0.458 e. The molecule has 0 aliphatic rings. The van der Waals surface area contributed by atoms with Crippen LogP contribution in [0.4, 0.5) is 5.69 Å². The summed E-state index contributed by atoms with van der Waals surface area (Å²) in [6, 6.07) is 12.6. The predicted octanol–water partition coefficient (Wildman–Crippen LogP) is 2.24. The number of nitrogens with zero attached hydrogens (tertiary/aromatic N) is 2. The standard InChI is InChI=1S/C18H18N4O3/c1-12-4-3-5-13(10-12)21-18(24)17(23)19-11-14-6-7-16(25-14)15-8-9-20-22(15)2/h3-10H,11H2,1-2H3,(H,19,23)(H,21,24). The SMILES string of the molecule is Cc1cccc(NC(=O)C(=O)NCc2ccc(-c3ccnn3C)o2)c1. The van der Waals surface area contributed by atoms with E-state index >= 15 is 0 Å². The smallest absolute Gasteiger partial charge is 0.313 e. The van der Waals surface area contributed by atoms with Crippen molar-refractivity contribution in [1.82, 2.24) is 15.1 Å². The van der Waals surface area contributed by atoms with Crippen LogP contribution in [0, 0.1) is 6.92 Å². The van der Waals surface area contributed by atoms with Crippen molar-refractivity contribution >= 4 is 17.5 Å². The van der Waals surface area contributed by atoms with Crippen molar-refractivity contribution in [2.45, 2.75) is 13.5 Å². The zero-order valence-electron chi connectivity index (χ0n) is 13.9. The van der Waals surface area contributed by atoms with E-state index in [1.165, 1.54) is 0 Å². The average Bonchev–Trinajstić information content (AvgIpc) is 3.21. The van der Waals surface area contributed by atoms with Crippen molar-refractivity contribution in [2.24, 2.45) is 7.05 Å². The molecule has 1 aromatic carbocycles. The van der Waals surface area contributed by atoms with Gasteiger partial charge in [0.2, 0.25) is 0 Å². The Kier molecular flexibility index (Phi) is 4.65. The maximum atomic E-state index is 11.9. The lowest BCUT2D eigenvalue weighted by atomic mass is 10.2. The van der Waals surface area contributed by atoms with E-state index < -0.39 is 11.8 Å². The third-order valence-corrected chi connectivity index (χ3v) is 3.64. The number of furan rings is 1. The van der Waals surface area contributed by atoms with Crippen LogP contribution in [-0.2, 0) is 23.2 Å². The summed E-state index contributed by atoms with van der Waals surface area (Å²) < 4.78 is 7.36. The number of aromatic nitrogens is 2. The van der Waals surface area contributed by atoms with Crippen molar-refractivity contribution in [3.63, 3.8) is 0 Å². The van der Waals surface area contributed by atoms with Crippen molar-refractivity contribution in [3.05, 3.63) is 60.0 Å². The predicted molar refractivity (Wildman–Crippen MR) is 92.6 cm³/mol. The molecule has 7 nitrogen and oxygen atoms in total. The van der Waals surface area contributed by atoms with Gasteiger partial charge in [0, 0.05) is 18.9 Å². The van der Waals surface area contributed by atoms with Gasteiger partial charge in [-0.05, 0) is 42.8 Å². The Hall–Kier alpha value is -3.35. The molecular formula is C18H18N4O3. The molecule has 2 aromatic heterocycles. The van der Waals surface area contributed by atoms with Gasteiger partial charge in [-0.15, -0.1) is 0 Å². The fraction of sp³-hybridized carbons (Fsp3) is 0.167. The van der Waals surface area contributed by atoms with Gasteiger partial charge in [-0.3, -0.25) is 14.3 Å². The van der Waals surface area contributed by atoms with E-state index in [0.29, 0.717) is 17.2 Å². The minimum absolute atomic E-state index is 0.123. The van der Waals surface area contributed by atoms with Crippen LogP contribution < -0.4 is 10.6 Å². The molecule has 0 saturated heterocycles. The van der Waals surface area contributed by atoms with Gasteiger partial charge in [-0.2, -0.15) is 5.10 Å². The first-order chi connectivity index (χ1) is 12.0. The molecule has 7 heteroatoms.